The van der Waals surface area contributed by atoms with E-state index in [2.05, 4.69) is 17.3 Å². The fourth-order valence-electron chi connectivity index (χ4n) is 1.79. The van der Waals surface area contributed by atoms with Crippen LogP contribution in [0, 0.1) is 0 Å². The summed E-state index contributed by atoms with van der Waals surface area (Å²) in [7, 11) is 1.53. The van der Waals surface area contributed by atoms with Gasteiger partial charge in [0.1, 0.15) is 0 Å². The van der Waals surface area contributed by atoms with Crippen LogP contribution in [0.1, 0.15) is 12.6 Å². The van der Waals surface area contributed by atoms with Gasteiger partial charge in [0.05, 0.1) is 19.3 Å². The van der Waals surface area contributed by atoms with E-state index in [1.54, 1.807) is 18.3 Å². The Kier molecular flexibility index (Phi) is 3.72. The Hall–Kier alpha value is -2.17. The number of ether oxygens (including phenoxy) is 1. The predicted molar refractivity (Wildman–Crippen MR) is 69.9 cm³/mol. The summed E-state index contributed by atoms with van der Waals surface area (Å²) in [5.74, 6) is 0.602. The summed E-state index contributed by atoms with van der Waals surface area (Å²) >= 11 is 0. The highest BCUT2D eigenvalue weighted by molar-refractivity contribution is 5.54. The minimum atomic E-state index is 0.131. The lowest BCUT2D eigenvalue weighted by molar-refractivity contribution is 0.373. The topological polar surface area (TPSA) is 59.3 Å². The second-order valence-corrected chi connectivity index (χ2v) is 3.88. The van der Waals surface area contributed by atoms with E-state index in [0.29, 0.717) is 12.3 Å². The van der Waals surface area contributed by atoms with Crippen molar-refractivity contribution in [1.82, 2.24) is 9.78 Å². The van der Waals surface area contributed by atoms with Crippen LogP contribution in [-0.2, 0) is 13.1 Å². The lowest BCUT2D eigenvalue weighted by Gasteiger charge is -2.10. The molecule has 0 aliphatic heterocycles. The highest BCUT2D eigenvalue weighted by Gasteiger charge is 2.04. The summed E-state index contributed by atoms with van der Waals surface area (Å²) in [6.45, 7) is 3.56. The van der Waals surface area contributed by atoms with Crippen molar-refractivity contribution in [3.63, 3.8) is 0 Å². The molecule has 2 aromatic rings. The second kappa shape index (κ2) is 5.44. The summed E-state index contributed by atoms with van der Waals surface area (Å²) in [4.78, 5) is 0. The van der Waals surface area contributed by atoms with E-state index >= 15 is 0 Å². The molecule has 2 N–H and O–H groups in total. The van der Waals surface area contributed by atoms with E-state index in [0.717, 1.165) is 17.9 Å². The second-order valence-electron chi connectivity index (χ2n) is 3.88. The molecule has 0 saturated heterocycles. The standard InChI is InChI=1S/C13H17N3O2/c1-3-16-11(6-7-15-16)9-14-10-4-5-13(18-2)12(17)8-10/h4-8,14,17H,3,9H2,1-2H3. The van der Waals surface area contributed by atoms with Crippen molar-refractivity contribution in [2.75, 3.05) is 12.4 Å². The van der Waals surface area contributed by atoms with Gasteiger partial charge in [-0.25, -0.2) is 0 Å². The first-order valence-electron chi connectivity index (χ1n) is 5.86. The number of nitrogens with zero attached hydrogens (tertiary/aromatic N) is 2. The van der Waals surface area contributed by atoms with Crippen molar-refractivity contribution < 1.29 is 9.84 Å². The predicted octanol–water partition coefficient (Wildman–Crippen LogP) is 2.23. The molecule has 0 atom stereocenters. The van der Waals surface area contributed by atoms with Crippen molar-refractivity contribution in [2.24, 2.45) is 0 Å². The van der Waals surface area contributed by atoms with Crippen molar-refractivity contribution in [3.05, 3.63) is 36.2 Å². The molecule has 18 heavy (non-hydrogen) atoms. The van der Waals surface area contributed by atoms with Gasteiger partial charge in [0, 0.05) is 24.5 Å². The Labute approximate surface area is 106 Å². The quantitative estimate of drug-likeness (QED) is 0.850. The summed E-state index contributed by atoms with van der Waals surface area (Å²) in [5, 5.41) is 17.1. The smallest absolute Gasteiger partial charge is 0.160 e. The molecule has 0 bridgehead atoms. The van der Waals surface area contributed by atoms with Gasteiger partial charge in [0.15, 0.2) is 11.5 Å². The fourth-order valence-corrected chi connectivity index (χ4v) is 1.79. The number of hydrogen-bond donors (Lipinski definition) is 2. The average molecular weight is 247 g/mol. The molecule has 0 unspecified atom stereocenters. The SMILES string of the molecule is CCn1nccc1CNc1ccc(OC)c(O)c1. The number of hydrogen-bond acceptors (Lipinski definition) is 4. The van der Waals surface area contributed by atoms with Gasteiger partial charge in [-0.3, -0.25) is 4.68 Å². The average Bonchev–Trinajstić information content (AvgIpc) is 2.84. The lowest BCUT2D eigenvalue weighted by Crippen LogP contribution is -2.07. The molecule has 5 heteroatoms. The monoisotopic (exact) mass is 247 g/mol. The van der Waals surface area contributed by atoms with Gasteiger partial charge < -0.3 is 15.2 Å². The normalized spacial score (nSPS) is 10.3. The number of aryl methyl sites for hydroxylation is 1. The van der Waals surface area contributed by atoms with Gasteiger partial charge in [-0.2, -0.15) is 5.10 Å². The van der Waals surface area contributed by atoms with Gasteiger partial charge in [-0.05, 0) is 25.1 Å². The van der Waals surface area contributed by atoms with Crippen LogP contribution in [0.3, 0.4) is 0 Å². The molecule has 0 aliphatic carbocycles. The van der Waals surface area contributed by atoms with E-state index in [1.165, 1.54) is 7.11 Å². The molecule has 1 heterocycles. The molecule has 0 amide bonds. The van der Waals surface area contributed by atoms with Crippen LogP contribution in [0.2, 0.25) is 0 Å². The van der Waals surface area contributed by atoms with Gasteiger partial charge in [0.25, 0.3) is 0 Å². The lowest BCUT2D eigenvalue weighted by atomic mass is 10.2. The Bertz CT molecular complexity index is 523. The Morgan fingerprint density at radius 3 is 2.89 bits per heavy atom. The van der Waals surface area contributed by atoms with Crippen molar-refractivity contribution in [3.8, 4) is 11.5 Å². The highest BCUT2D eigenvalue weighted by atomic mass is 16.5. The first-order valence-corrected chi connectivity index (χ1v) is 5.86. The number of methoxy groups -OCH3 is 1. The molecular weight excluding hydrogens is 230 g/mol. The summed E-state index contributed by atoms with van der Waals surface area (Å²) in [5.41, 5.74) is 1.95. The third-order valence-electron chi connectivity index (χ3n) is 2.76. The molecule has 0 saturated carbocycles. The molecule has 2 rings (SSSR count). The van der Waals surface area contributed by atoms with E-state index < -0.39 is 0 Å². The zero-order valence-electron chi connectivity index (χ0n) is 10.6. The van der Waals surface area contributed by atoms with E-state index in [-0.39, 0.29) is 5.75 Å². The Balaban J connectivity index is 2.04. The highest BCUT2D eigenvalue weighted by Crippen LogP contribution is 2.28. The van der Waals surface area contributed by atoms with Crippen LogP contribution in [0.5, 0.6) is 11.5 Å². The van der Waals surface area contributed by atoms with Gasteiger partial charge in [-0.1, -0.05) is 0 Å². The maximum Gasteiger partial charge on any atom is 0.160 e. The largest absolute Gasteiger partial charge is 0.504 e. The van der Waals surface area contributed by atoms with Crippen molar-refractivity contribution in [2.45, 2.75) is 20.0 Å². The number of phenols is 1. The third kappa shape index (κ3) is 2.56. The number of aromatic hydroxyl groups is 1. The molecule has 0 spiro atoms. The Morgan fingerprint density at radius 2 is 2.22 bits per heavy atom. The number of aromatic nitrogens is 2. The maximum atomic E-state index is 9.67. The molecule has 0 aliphatic rings. The summed E-state index contributed by atoms with van der Waals surface area (Å²) < 4.78 is 6.92. The van der Waals surface area contributed by atoms with Crippen molar-refractivity contribution in [1.29, 1.82) is 0 Å². The first kappa shape index (κ1) is 12.3. The fraction of sp³-hybridized carbons (Fsp3) is 0.308. The minimum Gasteiger partial charge on any atom is -0.504 e. The molecule has 1 aromatic heterocycles. The van der Waals surface area contributed by atoms with Crippen LogP contribution in [-0.4, -0.2) is 22.0 Å². The van der Waals surface area contributed by atoms with Crippen LogP contribution in [0.15, 0.2) is 30.5 Å². The number of anilines is 1. The third-order valence-corrected chi connectivity index (χ3v) is 2.76. The maximum absolute atomic E-state index is 9.67. The van der Waals surface area contributed by atoms with Crippen molar-refractivity contribution >= 4 is 5.69 Å². The van der Waals surface area contributed by atoms with E-state index in [9.17, 15) is 5.11 Å². The molecule has 1 aromatic carbocycles. The van der Waals surface area contributed by atoms with Crippen LogP contribution >= 0.6 is 0 Å². The zero-order valence-corrected chi connectivity index (χ0v) is 10.6. The summed E-state index contributed by atoms with van der Waals surface area (Å²) in [6, 6.07) is 7.21. The van der Waals surface area contributed by atoms with Crippen LogP contribution in [0.25, 0.3) is 0 Å². The molecule has 96 valence electrons. The summed E-state index contributed by atoms with van der Waals surface area (Å²) in [6.07, 6.45) is 1.78. The number of benzene rings is 1. The van der Waals surface area contributed by atoms with Gasteiger partial charge in [-0.15, -0.1) is 0 Å². The van der Waals surface area contributed by atoms with Crippen LogP contribution in [0.4, 0.5) is 5.69 Å². The van der Waals surface area contributed by atoms with Gasteiger partial charge in [0.2, 0.25) is 0 Å². The number of phenolic OH excluding ortho intramolecular Hbond substituents is 1. The molecule has 5 nitrogen and oxygen atoms in total. The van der Waals surface area contributed by atoms with E-state index in [4.69, 9.17) is 4.74 Å². The van der Waals surface area contributed by atoms with Gasteiger partial charge >= 0.3 is 0 Å². The molecule has 0 radical (unpaired) electrons. The number of nitrogens with one attached hydrogen (secondary N) is 1. The van der Waals surface area contributed by atoms with Crippen LogP contribution < -0.4 is 10.1 Å². The van der Waals surface area contributed by atoms with E-state index in [1.807, 2.05) is 16.8 Å². The number of rotatable bonds is 5. The molecule has 0 fully saturated rings. The molecular formula is C13H17N3O2. The first-order chi connectivity index (χ1) is 8.74. The minimum absolute atomic E-state index is 0.131. The zero-order chi connectivity index (χ0) is 13.0. The Morgan fingerprint density at radius 1 is 1.39 bits per heavy atom.